The highest BCUT2D eigenvalue weighted by Gasteiger charge is 2.18. The summed E-state index contributed by atoms with van der Waals surface area (Å²) >= 11 is 0. The molecule has 0 amide bonds. The monoisotopic (exact) mass is 292 g/mol. The molecule has 0 radical (unpaired) electrons. The van der Waals surface area contributed by atoms with Crippen LogP contribution in [0.4, 0.5) is 5.69 Å². The normalized spacial score (nSPS) is 14.1. The van der Waals surface area contributed by atoms with E-state index in [2.05, 4.69) is 36.6 Å². The molecule has 1 aliphatic rings. The number of anilines is 1. The minimum Gasteiger partial charge on any atom is -0.399 e. The molecular formula is C18H20N4. The second-order valence-corrected chi connectivity index (χ2v) is 6.45. The SMILES string of the molecule is CC(C)Cn1c2ccc(N)cc2c2nc3c(nc21)C=CCC3. The third-order valence-electron chi connectivity index (χ3n) is 4.17. The lowest BCUT2D eigenvalue weighted by Gasteiger charge is -2.12. The van der Waals surface area contributed by atoms with Gasteiger partial charge in [0.2, 0.25) is 0 Å². The molecule has 3 aromatic rings. The maximum Gasteiger partial charge on any atom is 0.160 e. The van der Waals surface area contributed by atoms with E-state index in [0.29, 0.717) is 5.92 Å². The van der Waals surface area contributed by atoms with E-state index in [0.717, 1.165) is 53.0 Å². The van der Waals surface area contributed by atoms with Gasteiger partial charge in [0.25, 0.3) is 0 Å². The molecule has 1 aromatic carbocycles. The second kappa shape index (κ2) is 4.83. The predicted molar refractivity (Wildman–Crippen MR) is 91.6 cm³/mol. The smallest absolute Gasteiger partial charge is 0.160 e. The second-order valence-electron chi connectivity index (χ2n) is 6.45. The first-order valence-corrected chi connectivity index (χ1v) is 7.88. The zero-order valence-corrected chi connectivity index (χ0v) is 13.0. The Balaban J connectivity index is 2.11. The molecule has 112 valence electrons. The third kappa shape index (κ3) is 1.98. The van der Waals surface area contributed by atoms with Crippen LogP contribution in [0, 0.1) is 5.92 Å². The van der Waals surface area contributed by atoms with Crippen LogP contribution in [0.2, 0.25) is 0 Å². The molecule has 0 unspecified atom stereocenters. The number of aromatic nitrogens is 3. The Morgan fingerprint density at radius 2 is 2.14 bits per heavy atom. The van der Waals surface area contributed by atoms with E-state index in [1.165, 1.54) is 5.52 Å². The van der Waals surface area contributed by atoms with Crippen LogP contribution in [0.1, 0.15) is 31.7 Å². The van der Waals surface area contributed by atoms with Crippen molar-refractivity contribution >= 4 is 33.8 Å². The minimum absolute atomic E-state index is 0.546. The largest absolute Gasteiger partial charge is 0.399 e. The molecular weight excluding hydrogens is 272 g/mol. The van der Waals surface area contributed by atoms with Gasteiger partial charge in [0, 0.05) is 17.6 Å². The van der Waals surface area contributed by atoms with Crippen molar-refractivity contribution in [2.45, 2.75) is 33.2 Å². The Morgan fingerprint density at radius 1 is 1.27 bits per heavy atom. The van der Waals surface area contributed by atoms with Crippen LogP contribution >= 0.6 is 0 Å². The molecule has 0 fully saturated rings. The molecule has 2 N–H and O–H groups in total. The fraction of sp³-hybridized carbons (Fsp3) is 0.333. The van der Waals surface area contributed by atoms with Gasteiger partial charge in [0.05, 0.1) is 16.9 Å². The van der Waals surface area contributed by atoms with Gasteiger partial charge < -0.3 is 10.3 Å². The summed E-state index contributed by atoms with van der Waals surface area (Å²) in [5.74, 6) is 0.546. The third-order valence-corrected chi connectivity index (χ3v) is 4.17. The lowest BCUT2D eigenvalue weighted by Crippen LogP contribution is -2.07. The molecule has 0 spiro atoms. The van der Waals surface area contributed by atoms with Crippen molar-refractivity contribution < 1.29 is 0 Å². The molecule has 0 bridgehead atoms. The highest BCUT2D eigenvalue weighted by Crippen LogP contribution is 2.31. The van der Waals surface area contributed by atoms with Crippen LogP contribution < -0.4 is 5.73 Å². The highest BCUT2D eigenvalue weighted by atomic mass is 15.1. The van der Waals surface area contributed by atoms with E-state index in [4.69, 9.17) is 15.7 Å². The first-order valence-electron chi connectivity index (χ1n) is 7.88. The van der Waals surface area contributed by atoms with E-state index >= 15 is 0 Å². The number of nitrogen functional groups attached to an aromatic ring is 1. The molecule has 2 heterocycles. The van der Waals surface area contributed by atoms with E-state index in [9.17, 15) is 0 Å². The lowest BCUT2D eigenvalue weighted by atomic mass is 10.1. The van der Waals surface area contributed by atoms with Crippen LogP contribution in [-0.4, -0.2) is 14.5 Å². The molecule has 4 nitrogen and oxygen atoms in total. The highest BCUT2D eigenvalue weighted by molar-refractivity contribution is 6.05. The van der Waals surface area contributed by atoms with E-state index in [1.807, 2.05) is 12.1 Å². The Bertz CT molecular complexity index is 902. The molecule has 0 saturated heterocycles. The van der Waals surface area contributed by atoms with Crippen LogP contribution in [0.5, 0.6) is 0 Å². The van der Waals surface area contributed by atoms with Gasteiger partial charge in [-0.1, -0.05) is 19.9 Å². The standard InChI is InChI=1S/C18H20N4/c1-11(2)10-22-16-8-7-12(19)9-13(16)17-18(22)21-15-6-4-3-5-14(15)20-17/h4,6-9,11H,3,5,10,19H2,1-2H3. The van der Waals surface area contributed by atoms with Gasteiger partial charge in [0.1, 0.15) is 5.52 Å². The van der Waals surface area contributed by atoms with Gasteiger partial charge in [-0.15, -0.1) is 0 Å². The molecule has 0 aliphatic heterocycles. The van der Waals surface area contributed by atoms with Crippen molar-refractivity contribution in [3.63, 3.8) is 0 Å². The summed E-state index contributed by atoms with van der Waals surface area (Å²) < 4.78 is 2.28. The zero-order valence-electron chi connectivity index (χ0n) is 13.0. The first-order chi connectivity index (χ1) is 10.6. The fourth-order valence-electron chi connectivity index (χ4n) is 3.22. The maximum absolute atomic E-state index is 5.99. The van der Waals surface area contributed by atoms with Crippen LogP contribution in [0.3, 0.4) is 0 Å². The van der Waals surface area contributed by atoms with Crippen molar-refractivity contribution in [1.82, 2.24) is 14.5 Å². The van der Waals surface area contributed by atoms with Crippen LogP contribution in [-0.2, 0) is 13.0 Å². The lowest BCUT2D eigenvalue weighted by molar-refractivity contribution is 0.543. The summed E-state index contributed by atoms with van der Waals surface area (Å²) in [6.07, 6.45) is 6.28. The Hall–Kier alpha value is -2.36. The summed E-state index contributed by atoms with van der Waals surface area (Å²) in [6.45, 7) is 5.38. The number of rotatable bonds is 2. The summed E-state index contributed by atoms with van der Waals surface area (Å²) in [7, 11) is 0. The molecule has 1 aliphatic carbocycles. The van der Waals surface area contributed by atoms with E-state index < -0.39 is 0 Å². The average Bonchev–Trinajstić information content (AvgIpc) is 2.78. The van der Waals surface area contributed by atoms with Gasteiger partial charge >= 0.3 is 0 Å². The minimum atomic E-state index is 0.546. The molecule has 2 aromatic heterocycles. The quantitative estimate of drug-likeness (QED) is 0.731. The Kier molecular flexibility index (Phi) is 2.93. The van der Waals surface area contributed by atoms with E-state index in [-0.39, 0.29) is 0 Å². The topological polar surface area (TPSA) is 56.7 Å². The van der Waals surface area contributed by atoms with Crippen molar-refractivity contribution in [2.24, 2.45) is 5.92 Å². The summed E-state index contributed by atoms with van der Waals surface area (Å²) in [6, 6.07) is 6.07. The molecule has 0 saturated carbocycles. The zero-order chi connectivity index (χ0) is 15.3. The molecule has 4 rings (SSSR count). The molecule has 4 heteroatoms. The number of nitrogens with two attached hydrogens (primary N) is 1. The maximum atomic E-state index is 5.99. The Morgan fingerprint density at radius 3 is 2.95 bits per heavy atom. The van der Waals surface area contributed by atoms with Gasteiger partial charge in [-0.2, -0.15) is 0 Å². The number of benzene rings is 1. The summed E-state index contributed by atoms with van der Waals surface area (Å²) in [5, 5.41) is 1.11. The van der Waals surface area contributed by atoms with Gasteiger partial charge in [-0.05, 0) is 43.0 Å². The summed E-state index contributed by atoms with van der Waals surface area (Å²) in [4.78, 5) is 9.83. The van der Waals surface area contributed by atoms with E-state index in [1.54, 1.807) is 0 Å². The van der Waals surface area contributed by atoms with Crippen molar-refractivity contribution in [1.29, 1.82) is 0 Å². The molecule has 22 heavy (non-hydrogen) atoms. The van der Waals surface area contributed by atoms with Gasteiger partial charge in [-0.25, -0.2) is 9.97 Å². The first kappa shape index (κ1) is 13.3. The Labute approximate surface area is 129 Å². The number of nitrogens with zero attached hydrogens (tertiary/aromatic N) is 3. The number of hydrogen-bond donors (Lipinski definition) is 1. The number of allylic oxidation sites excluding steroid dienone is 1. The molecule has 0 atom stereocenters. The average molecular weight is 292 g/mol. The van der Waals surface area contributed by atoms with Gasteiger partial charge in [-0.3, -0.25) is 0 Å². The number of fused-ring (bicyclic) bond motifs is 4. The van der Waals surface area contributed by atoms with Crippen molar-refractivity contribution in [3.8, 4) is 0 Å². The van der Waals surface area contributed by atoms with Gasteiger partial charge in [0.15, 0.2) is 5.65 Å². The summed E-state index contributed by atoms with van der Waals surface area (Å²) in [5.41, 5.74) is 12.0. The van der Waals surface area contributed by atoms with Crippen molar-refractivity contribution in [3.05, 3.63) is 35.7 Å². The number of hydrogen-bond acceptors (Lipinski definition) is 3. The number of aryl methyl sites for hydroxylation is 1. The fourth-order valence-corrected chi connectivity index (χ4v) is 3.22. The van der Waals surface area contributed by atoms with Crippen LogP contribution in [0.25, 0.3) is 28.1 Å². The van der Waals surface area contributed by atoms with Crippen molar-refractivity contribution in [2.75, 3.05) is 5.73 Å². The predicted octanol–water partition coefficient (Wildman–Crippen LogP) is 3.78. The van der Waals surface area contributed by atoms with Crippen LogP contribution in [0.15, 0.2) is 24.3 Å².